The average Bonchev–Trinajstić information content (AvgIpc) is 3.54. The van der Waals surface area contributed by atoms with Crippen molar-refractivity contribution in [1.82, 2.24) is 30.4 Å². The Kier molecular flexibility index (Phi) is 7.20. The molecule has 2 atom stereocenters. The summed E-state index contributed by atoms with van der Waals surface area (Å²) in [6.07, 6.45) is 1.69. The molecule has 3 aromatic heterocycles. The van der Waals surface area contributed by atoms with Crippen LogP contribution in [-0.2, 0) is 20.9 Å². The Balaban J connectivity index is 1.60. The van der Waals surface area contributed by atoms with Gasteiger partial charge in [0.15, 0.2) is 0 Å². The van der Waals surface area contributed by atoms with E-state index in [1.165, 1.54) is 27.5 Å². The lowest BCUT2D eigenvalue weighted by Gasteiger charge is -2.34. The van der Waals surface area contributed by atoms with Crippen LogP contribution in [0.15, 0.2) is 35.0 Å². The Hall–Kier alpha value is -2.63. The molecular formula is C22H28N6O3S2. The van der Waals surface area contributed by atoms with Crippen molar-refractivity contribution in [2.24, 2.45) is 0 Å². The summed E-state index contributed by atoms with van der Waals surface area (Å²) in [5, 5.41) is 19.4. The van der Waals surface area contributed by atoms with Crippen molar-refractivity contribution in [2.45, 2.75) is 57.8 Å². The number of thiophene rings is 2. The number of nitrogens with zero attached hydrogens (tertiary/aromatic N) is 5. The summed E-state index contributed by atoms with van der Waals surface area (Å²) in [5.41, 5.74) is -0.436. The van der Waals surface area contributed by atoms with Gasteiger partial charge in [0.05, 0.1) is 11.0 Å². The molecular weight excluding hydrogens is 460 g/mol. The number of carbonyl (C=O) groups excluding carboxylic acids is 2. The van der Waals surface area contributed by atoms with Crippen LogP contribution in [0.2, 0.25) is 0 Å². The van der Waals surface area contributed by atoms with Gasteiger partial charge in [-0.3, -0.25) is 9.59 Å². The second kappa shape index (κ2) is 10.1. The number of ether oxygens (including phenoxy) is 1. The van der Waals surface area contributed by atoms with Gasteiger partial charge in [0.1, 0.15) is 12.6 Å². The Bertz CT molecular complexity index is 1050. The molecule has 1 saturated heterocycles. The minimum Gasteiger partial charge on any atom is -0.376 e. The Morgan fingerprint density at radius 3 is 2.70 bits per heavy atom. The highest BCUT2D eigenvalue weighted by molar-refractivity contribution is 7.13. The van der Waals surface area contributed by atoms with Gasteiger partial charge in [-0.15, -0.1) is 32.9 Å². The summed E-state index contributed by atoms with van der Waals surface area (Å²) in [5.74, 6) is -0.00558. The molecule has 0 aliphatic carbocycles. The van der Waals surface area contributed by atoms with Crippen LogP contribution in [0.3, 0.4) is 0 Å². The summed E-state index contributed by atoms with van der Waals surface area (Å²) in [7, 11) is 0. The normalized spacial score (nSPS) is 17.1. The molecule has 0 radical (unpaired) electrons. The van der Waals surface area contributed by atoms with Crippen LogP contribution >= 0.6 is 22.7 Å². The van der Waals surface area contributed by atoms with Crippen LogP contribution < -0.4 is 5.32 Å². The average molecular weight is 489 g/mol. The van der Waals surface area contributed by atoms with Crippen molar-refractivity contribution in [1.29, 1.82) is 0 Å². The smallest absolute Gasteiger partial charge is 0.248 e. The van der Waals surface area contributed by atoms with Crippen molar-refractivity contribution >= 4 is 34.5 Å². The number of carbonyl (C=O) groups is 2. The first-order valence-corrected chi connectivity index (χ1v) is 12.6. The van der Waals surface area contributed by atoms with E-state index in [1.54, 1.807) is 4.90 Å². The Morgan fingerprint density at radius 2 is 2.06 bits per heavy atom. The number of hydrogen-bond donors (Lipinski definition) is 1. The van der Waals surface area contributed by atoms with Crippen molar-refractivity contribution in [3.8, 4) is 10.7 Å². The first-order chi connectivity index (χ1) is 15.8. The maximum Gasteiger partial charge on any atom is 0.248 e. The van der Waals surface area contributed by atoms with Crippen LogP contribution in [-0.4, -0.2) is 61.7 Å². The van der Waals surface area contributed by atoms with E-state index in [0.29, 0.717) is 19.0 Å². The molecule has 3 aromatic rings. The molecule has 0 saturated carbocycles. The molecule has 11 heteroatoms. The van der Waals surface area contributed by atoms with Gasteiger partial charge in [0.2, 0.25) is 17.6 Å². The number of nitrogens with one attached hydrogen (secondary N) is 1. The van der Waals surface area contributed by atoms with Crippen molar-refractivity contribution in [3.63, 3.8) is 0 Å². The highest BCUT2D eigenvalue weighted by Crippen LogP contribution is 2.29. The Labute approximate surface area is 200 Å². The van der Waals surface area contributed by atoms with E-state index in [1.807, 2.05) is 55.8 Å². The van der Waals surface area contributed by atoms with Crippen LogP contribution in [0.4, 0.5) is 0 Å². The van der Waals surface area contributed by atoms with Gasteiger partial charge in [-0.05, 0) is 61.7 Å². The van der Waals surface area contributed by atoms with Crippen LogP contribution in [0.1, 0.15) is 44.5 Å². The predicted molar refractivity (Wildman–Crippen MR) is 127 cm³/mol. The molecule has 9 nitrogen and oxygen atoms in total. The molecule has 4 heterocycles. The third-order valence-electron chi connectivity index (χ3n) is 5.09. The van der Waals surface area contributed by atoms with Crippen LogP contribution in [0.5, 0.6) is 0 Å². The van der Waals surface area contributed by atoms with E-state index < -0.39 is 11.6 Å². The van der Waals surface area contributed by atoms with Crippen molar-refractivity contribution in [3.05, 3.63) is 39.9 Å². The summed E-state index contributed by atoms with van der Waals surface area (Å²) in [6.45, 7) is 6.65. The molecule has 0 aromatic carbocycles. The minimum absolute atomic E-state index is 0.107. The molecule has 2 amide bonds. The maximum absolute atomic E-state index is 13.6. The lowest BCUT2D eigenvalue weighted by atomic mass is 10.1. The van der Waals surface area contributed by atoms with Gasteiger partial charge in [-0.1, -0.05) is 12.1 Å². The van der Waals surface area contributed by atoms with Crippen LogP contribution in [0.25, 0.3) is 10.7 Å². The summed E-state index contributed by atoms with van der Waals surface area (Å²) < 4.78 is 5.81. The van der Waals surface area contributed by atoms with E-state index in [9.17, 15) is 9.59 Å². The molecule has 1 aliphatic rings. The van der Waals surface area contributed by atoms with E-state index in [2.05, 4.69) is 20.7 Å². The van der Waals surface area contributed by atoms with E-state index >= 15 is 0 Å². The molecule has 1 N–H and O–H groups in total. The van der Waals surface area contributed by atoms with Gasteiger partial charge in [0, 0.05) is 23.6 Å². The highest BCUT2D eigenvalue weighted by atomic mass is 32.1. The van der Waals surface area contributed by atoms with E-state index in [0.717, 1.165) is 22.6 Å². The lowest BCUT2D eigenvalue weighted by molar-refractivity contribution is -0.144. The lowest BCUT2D eigenvalue weighted by Crippen LogP contribution is -2.51. The highest BCUT2D eigenvalue weighted by Gasteiger charge is 2.36. The molecule has 33 heavy (non-hydrogen) atoms. The van der Waals surface area contributed by atoms with Gasteiger partial charge < -0.3 is 15.0 Å². The second-order valence-corrected chi connectivity index (χ2v) is 10.9. The molecule has 0 unspecified atom stereocenters. The van der Waals surface area contributed by atoms with Crippen molar-refractivity contribution in [2.75, 3.05) is 13.2 Å². The number of rotatable bonds is 8. The van der Waals surface area contributed by atoms with Gasteiger partial charge in [-0.25, -0.2) is 0 Å². The molecule has 176 valence electrons. The largest absolute Gasteiger partial charge is 0.376 e. The van der Waals surface area contributed by atoms with Gasteiger partial charge in [0.25, 0.3) is 0 Å². The topological polar surface area (TPSA) is 102 Å². The first-order valence-electron chi connectivity index (χ1n) is 10.9. The fourth-order valence-electron chi connectivity index (χ4n) is 3.69. The number of tetrazole rings is 1. The monoisotopic (exact) mass is 488 g/mol. The molecule has 0 bridgehead atoms. The Morgan fingerprint density at radius 1 is 1.27 bits per heavy atom. The summed E-state index contributed by atoms with van der Waals surface area (Å²) in [6, 6.07) is 6.82. The second-order valence-electron chi connectivity index (χ2n) is 8.96. The number of hydrogen-bond acceptors (Lipinski definition) is 8. The first kappa shape index (κ1) is 23.5. The third-order valence-corrected chi connectivity index (χ3v) is 6.88. The standard InChI is InChI=1S/C22H28N6O3S2/c1-22(2,3)23-21(30)19(16-8-5-11-32-16)27(13-15-7-4-10-31-15)18(29)14-28-25-20(24-26-28)17-9-6-12-33-17/h5-6,8-9,11-12,15,19H,4,7,10,13-14H2,1-3H3,(H,23,30)/t15-,19+/m1/s1. The zero-order chi connectivity index (χ0) is 23.4. The fraction of sp³-hybridized carbons (Fsp3) is 0.500. The number of amides is 2. The molecule has 0 spiro atoms. The van der Waals surface area contributed by atoms with Crippen molar-refractivity contribution < 1.29 is 14.3 Å². The minimum atomic E-state index is -0.763. The van der Waals surface area contributed by atoms with Gasteiger partial charge >= 0.3 is 0 Å². The maximum atomic E-state index is 13.6. The SMILES string of the molecule is CC(C)(C)NC(=O)[C@H](c1cccs1)N(C[C@H]1CCCO1)C(=O)Cn1nnc(-c2cccs2)n1. The zero-order valence-corrected chi connectivity index (χ0v) is 20.6. The quantitative estimate of drug-likeness (QED) is 0.523. The van der Waals surface area contributed by atoms with E-state index in [-0.39, 0.29) is 24.5 Å². The van der Waals surface area contributed by atoms with Gasteiger partial charge in [-0.2, -0.15) is 4.80 Å². The van der Waals surface area contributed by atoms with Crippen LogP contribution in [0, 0.1) is 0 Å². The van der Waals surface area contributed by atoms with E-state index in [4.69, 9.17) is 4.74 Å². The molecule has 1 aliphatic heterocycles. The number of aromatic nitrogens is 4. The summed E-state index contributed by atoms with van der Waals surface area (Å²) in [4.78, 5) is 31.5. The zero-order valence-electron chi connectivity index (χ0n) is 18.9. The molecule has 1 fully saturated rings. The summed E-state index contributed by atoms with van der Waals surface area (Å²) >= 11 is 2.96. The fourth-order valence-corrected chi connectivity index (χ4v) is 5.18. The molecule has 4 rings (SSSR count). The predicted octanol–water partition coefficient (Wildman–Crippen LogP) is 3.13. The third kappa shape index (κ3) is 6.04.